The highest BCUT2D eigenvalue weighted by Crippen LogP contribution is 2.45. The number of amides is 2. The molecule has 2 heterocycles. The molecule has 1 saturated carbocycles. The zero-order chi connectivity index (χ0) is 27.3. The lowest BCUT2D eigenvalue weighted by atomic mass is 9.77. The Balaban J connectivity index is 1.37. The number of hydrazone groups is 1. The number of carbonyl (C=O) groups excluding carboxylic acids is 2. The molecule has 6 rings (SSSR count). The molecular formula is C29H23Cl2N3O4S. The van der Waals surface area contributed by atoms with Gasteiger partial charge in [0.25, 0.3) is 21.8 Å². The van der Waals surface area contributed by atoms with Crippen LogP contribution in [0.5, 0.6) is 0 Å². The fraction of sp³-hybridized carbons (Fsp3) is 0.207. The van der Waals surface area contributed by atoms with E-state index in [-0.39, 0.29) is 16.4 Å². The molecule has 3 aromatic carbocycles. The van der Waals surface area contributed by atoms with Gasteiger partial charge in [0.05, 0.1) is 17.3 Å². The first-order valence-electron chi connectivity index (χ1n) is 12.5. The molecule has 1 fully saturated rings. The predicted molar refractivity (Wildman–Crippen MR) is 150 cm³/mol. The van der Waals surface area contributed by atoms with E-state index < -0.39 is 34.4 Å². The molecule has 10 heteroatoms. The van der Waals surface area contributed by atoms with Crippen LogP contribution in [-0.4, -0.2) is 41.8 Å². The lowest BCUT2D eigenvalue weighted by Crippen LogP contribution is -2.41. The van der Waals surface area contributed by atoms with Crippen molar-refractivity contribution in [2.45, 2.75) is 30.2 Å². The van der Waals surface area contributed by atoms with Gasteiger partial charge in [-0.05, 0) is 78.4 Å². The number of carbonyl (C=O) groups is 2. The number of hydrogen-bond acceptors (Lipinski definition) is 5. The van der Waals surface area contributed by atoms with E-state index in [1.165, 1.54) is 17.1 Å². The van der Waals surface area contributed by atoms with E-state index in [1.54, 1.807) is 24.3 Å². The van der Waals surface area contributed by atoms with Crippen molar-refractivity contribution in [3.63, 3.8) is 0 Å². The molecule has 7 nitrogen and oxygen atoms in total. The van der Waals surface area contributed by atoms with Crippen molar-refractivity contribution in [2.24, 2.45) is 11.0 Å². The Morgan fingerprint density at radius 3 is 2.33 bits per heavy atom. The number of fused-ring (bicyclic) bond motifs is 2. The molecule has 198 valence electrons. The summed E-state index contributed by atoms with van der Waals surface area (Å²) < 4.78 is 26.9. The maximum atomic E-state index is 13.8. The van der Waals surface area contributed by atoms with Crippen molar-refractivity contribution >= 4 is 56.8 Å². The minimum atomic E-state index is -4.14. The molecule has 3 aromatic rings. The quantitative estimate of drug-likeness (QED) is 0.381. The summed E-state index contributed by atoms with van der Waals surface area (Å²) in [5.41, 5.74) is 3.68. The second-order valence-electron chi connectivity index (χ2n) is 9.75. The van der Waals surface area contributed by atoms with Gasteiger partial charge in [0.15, 0.2) is 0 Å². The molecule has 0 aromatic heterocycles. The van der Waals surface area contributed by atoms with Gasteiger partial charge in [-0.25, -0.2) is 17.7 Å². The van der Waals surface area contributed by atoms with E-state index in [0.29, 0.717) is 14.4 Å². The molecule has 1 aliphatic carbocycles. The van der Waals surface area contributed by atoms with Crippen LogP contribution in [0.2, 0.25) is 10.0 Å². The third-order valence-electron chi connectivity index (χ3n) is 7.37. The van der Waals surface area contributed by atoms with Gasteiger partial charge < -0.3 is 0 Å². The number of nitrogens with zero attached hydrogens (tertiary/aromatic N) is 3. The van der Waals surface area contributed by atoms with E-state index in [9.17, 15) is 18.0 Å². The minimum absolute atomic E-state index is 0.0640. The molecule has 0 saturated heterocycles. The summed E-state index contributed by atoms with van der Waals surface area (Å²) in [6, 6.07) is 20.3. The van der Waals surface area contributed by atoms with Crippen LogP contribution in [0.4, 0.5) is 0 Å². The molecule has 39 heavy (non-hydrogen) atoms. The molecule has 2 aliphatic heterocycles. The van der Waals surface area contributed by atoms with E-state index in [0.717, 1.165) is 41.7 Å². The van der Waals surface area contributed by atoms with Crippen molar-refractivity contribution in [2.75, 3.05) is 6.54 Å². The molecule has 3 aliphatic rings. The number of rotatable bonds is 4. The summed E-state index contributed by atoms with van der Waals surface area (Å²) in [6.07, 6.45) is 4.56. The van der Waals surface area contributed by atoms with Crippen LogP contribution in [0, 0.1) is 5.92 Å². The number of benzene rings is 3. The molecule has 0 N–H and O–H groups in total. The van der Waals surface area contributed by atoms with E-state index in [1.807, 2.05) is 36.4 Å². The molecule has 2 unspecified atom stereocenters. The lowest BCUT2D eigenvalue weighted by Gasteiger charge is -2.30. The Bertz CT molecular complexity index is 1650. The normalized spacial score (nSPS) is 22.6. The van der Waals surface area contributed by atoms with Crippen molar-refractivity contribution in [3.8, 4) is 0 Å². The van der Waals surface area contributed by atoms with Crippen molar-refractivity contribution < 1.29 is 18.0 Å². The van der Waals surface area contributed by atoms with Crippen LogP contribution < -0.4 is 0 Å². The first kappa shape index (κ1) is 25.8. The summed E-state index contributed by atoms with van der Waals surface area (Å²) >= 11 is 12.2. The lowest BCUT2D eigenvalue weighted by molar-refractivity contribution is -0.133. The highest BCUT2D eigenvalue weighted by molar-refractivity contribution is 7.90. The van der Waals surface area contributed by atoms with Gasteiger partial charge in [-0.15, -0.1) is 0 Å². The van der Waals surface area contributed by atoms with Gasteiger partial charge in [0.1, 0.15) is 11.4 Å². The average molecular weight is 580 g/mol. The molecular weight excluding hydrogens is 557 g/mol. The summed E-state index contributed by atoms with van der Waals surface area (Å²) in [5.74, 6) is -1.38. The van der Waals surface area contributed by atoms with Crippen LogP contribution in [0.1, 0.15) is 46.8 Å². The van der Waals surface area contributed by atoms with Gasteiger partial charge in [-0.2, -0.15) is 5.10 Å². The first-order chi connectivity index (χ1) is 18.7. The van der Waals surface area contributed by atoms with E-state index in [4.69, 9.17) is 28.3 Å². The maximum Gasteiger partial charge on any atom is 0.269 e. The van der Waals surface area contributed by atoms with Crippen molar-refractivity contribution in [1.29, 1.82) is 0 Å². The molecule has 0 bridgehead atoms. The predicted octanol–water partition coefficient (Wildman–Crippen LogP) is 5.96. The van der Waals surface area contributed by atoms with Gasteiger partial charge >= 0.3 is 0 Å². The monoisotopic (exact) mass is 579 g/mol. The van der Waals surface area contributed by atoms with Crippen LogP contribution >= 0.6 is 23.2 Å². The highest BCUT2D eigenvalue weighted by Gasteiger charge is 2.47. The van der Waals surface area contributed by atoms with Crippen LogP contribution in [0.25, 0.3) is 6.08 Å². The van der Waals surface area contributed by atoms with Crippen molar-refractivity contribution in [3.05, 3.63) is 105 Å². The number of halogens is 2. The maximum absolute atomic E-state index is 13.8. The molecule has 2 amide bonds. The summed E-state index contributed by atoms with van der Waals surface area (Å²) in [7, 11) is -4.14. The zero-order valence-corrected chi connectivity index (χ0v) is 23.0. The number of hydrogen-bond donors (Lipinski definition) is 0. The van der Waals surface area contributed by atoms with Crippen LogP contribution in [-0.2, 0) is 14.8 Å². The fourth-order valence-electron chi connectivity index (χ4n) is 5.54. The van der Waals surface area contributed by atoms with Gasteiger partial charge in [-0.3, -0.25) is 9.59 Å². The summed E-state index contributed by atoms with van der Waals surface area (Å²) in [6.45, 7) is -0.639. The number of sulfonamides is 1. The smallest absolute Gasteiger partial charge is 0.269 e. The molecule has 0 radical (unpaired) electrons. The molecule has 0 spiro atoms. The third kappa shape index (κ3) is 4.56. The minimum Gasteiger partial charge on any atom is -0.271 e. The van der Waals surface area contributed by atoms with Gasteiger partial charge in [-0.1, -0.05) is 59.6 Å². The number of allylic oxidation sites excluding steroid dienone is 1. The fourth-order valence-corrected chi connectivity index (χ4v) is 7.31. The van der Waals surface area contributed by atoms with Gasteiger partial charge in [0.2, 0.25) is 0 Å². The largest absolute Gasteiger partial charge is 0.271 e. The average Bonchev–Trinajstić information content (AvgIpc) is 3.41. The summed E-state index contributed by atoms with van der Waals surface area (Å²) in [4.78, 5) is 26.7. The Labute approximate surface area is 236 Å². The molecule has 2 atom stereocenters. The van der Waals surface area contributed by atoms with Gasteiger partial charge in [0, 0.05) is 16.0 Å². The second-order valence-corrected chi connectivity index (χ2v) is 12.5. The zero-order valence-electron chi connectivity index (χ0n) is 20.6. The van der Waals surface area contributed by atoms with Crippen LogP contribution in [0.15, 0.2) is 88.4 Å². The van der Waals surface area contributed by atoms with Crippen LogP contribution in [0.3, 0.4) is 0 Å². The topological polar surface area (TPSA) is 87.1 Å². The SMILES string of the molecule is O=C(CN1C(=O)c2ccccc2S1(=O)=O)N1N=C2C(=Cc3ccc(Cl)cc3)CCCC2C1c1ccc(Cl)cc1. The Morgan fingerprint density at radius 2 is 1.64 bits per heavy atom. The first-order valence-corrected chi connectivity index (χ1v) is 14.7. The second kappa shape index (κ2) is 9.93. The van der Waals surface area contributed by atoms with Crippen molar-refractivity contribution in [1.82, 2.24) is 9.31 Å². The summed E-state index contributed by atoms with van der Waals surface area (Å²) in [5, 5.41) is 7.35. The highest BCUT2D eigenvalue weighted by atomic mass is 35.5. The van der Waals surface area contributed by atoms with E-state index in [2.05, 4.69) is 6.08 Å². The van der Waals surface area contributed by atoms with E-state index >= 15 is 0 Å². The standard InChI is InChI=1S/C29H23Cl2N3O4S/c30-21-12-8-18(9-13-21)16-20-4-3-6-24-27(20)32-34(28(24)19-10-14-22(31)15-11-19)26(35)17-33-29(36)23-5-1-2-7-25(23)39(33,37)38/h1-2,5,7-16,24,28H,3-4,6,17H2. The Kier molecular flexibility index (Phi) is 6.57. The third-order valence-corrected chi connectivity index (χ3v) is 9.66. The Hall–Kier alpha value is -3.46. The Morgan fingerprint density at radius 1 is 0.974 bits per heavy atom.